The Kier molecular flexibility index (Phi) is 2.90. The van der Waals surface area contributed by atoms with Crippen molar-refractivity contribution in [3.63, 3.8) is 0 Å². The molecule has 1 aliphatic carbocycles. The average Bonchev–Trinajstić information content (AvgIpc) is 2.07. The van der Waals surface area contributed by atoms with E-state index >= 15 is 0 Å². The molecule has 1 saturated carbocycles. The second kappa shape index (κ2) is 3.73. The van der Waals surface area contributed by atoms with Crippen molar-refractivity contribution in [2.75, 3.05) is 13.6 Å². The van der Waals surface area contributed by atoms with Gasteiger partial charge in [0.25, 0.3) is 0 Å². The summed E-state index contributed by atoms with van der Waals surface area (Å²) in [6, 6.07) is 2.46. The molecule has 1 aliphatic rings. The monoisotopic (exact) mass is 152 g/mol. The topological polar surface area (TPSA) is 35.8 Å². The summed E-state index contributed by atoms with van der Waals surface area (Å²) in [6.07, 6.45) is 5.95. The second-order valence-corrected chi connectivity index (χ2v) is 3.48. The maximum Gasteiger partial charge on any atom is 0.0703 e. The lowest BCUT2D eigenvalue weighted by Crippen LogP contribution is -2.33. The van der Waals surface area contributed by atoms with E-state index in [0.717, 1.165) is 19.4 Å². The zero-order valence-electron chi connectivity index (χ0n) is 7.19. The maximum atomic E-state index is 8.98. The molecule has 0 atom stereocenters. The van der Waals surface area contributed by atoms with Gasteiger partial charge in [0.05, 0.1) is 11.5 Å². The third kappa shape index (κ3) is 1.94. The van der Waals surface area contributed by atoms with Crippen LogP contribution >= 0.6 is 0 Å². The third-order valence-corrected chi connectivity index (χ3v) is 2.56. The van der Waals surface area contributed by atoms with Crippen LogP contribution in [0.15, 0.2) is 0 Å². The molecule has 0 bridgehead atoms. The number of hydrogen-bond donors (Lipinski definition) is 1. The Morgan fingerprint density at radius 2 is 2.00 bits per heavy atom. The molecule has 11 heavy (non-hydrogen) atoms. The number of nitrogens with one attached hydrogen (secondary N) is 1. The molecule has 1 N–H and O–H groups in total. The molecule has 0 aromatic carbocycles. The fraction of sp³-hybridized carbons (Fsp3) is 0.889. The largest absolute Gasteiger partial charge is 0.318 e. The van der Waals surface area contributed by atoms with Crippen molar-refractivity contribution in [2.24, 2.45) is 5.41 Å². The quantitative estimate of drug-likeness (QED) is 0.653. The lowest BCUT2D eigenvalue weighted by molar-refractivity contribution is 0.262. The lowest BCUT2D eigenvalue weighted by Gasteiger charge is -2.30. The van der Waals surface area contributed by atoms with Gasteiger partial charge < -0.3 is 5.32 Å². The Hall–Kier alpha value is -0.550. The van der Waals surface area contributed by atoms with E-state index in [9.17, 15) is 0 Å². The zero-order chi connectivity index (χ0) is 8.16. The maximum absolute atomic E-state index is 8.98. The summed E-state index contributed by atoms with van der Waals surface area (Å²) in [5.74, 6) is 0. The Labute approximate surface area is 68.6 Å². The number of nitriles is 1. The predicted molar refractivity (Wildman–Crippen MR) is 45.1 cm³/mol. The van der Waals surface area contributed by atoms with Crippen molar-refractivity contribution >= 4 is 0 Å². The van der Waals surface area contributed by atoms with Crippen LogP contribution in [0.25, 0.3) is 0 Å². The summed E-state index contributed by atoms with van der Waals surface area (Å²) in [6.45, 7) is 0.865. The van der Waals surface area contributed by atoms with Crippen molar-refractivity contribution in [1.82, 2.24) is 5.32 Å². The molecule has 0 aromatic rings. The van der Waals surface area contributed by atoms with Crippen molar-refractivity contribution in [3.8, 4) is 6.07 Å². The summed E-state index contributed by atoms with van der Waals surface area (Å²) in [4.78, 5) is 0. The minimum atomic E-state index is -0.0347. The van der Waals surface area contributed by atoms with Crippen molar-refractivity contribution < 1.29 is 0 Å². The van der Waals surface area contributed by atoms with E-state index in [-0.39, 0.29) is 5.41 Å². The zero-order valence-corrected chi connectivity index (χ0v) is 7.19. The SMILES string of the molecule is CNCC1(C#N)CCCCC1. The summed E-state index contributed by atoms with van der Waals surface area (Å²) >= 11 is 0. The standard InChI is InChI=1S/C9H16N2/c1-11-8-9(7-10)5-3-2-4-6-9/h11H,2-6,8H2,1H3. The molecule has 1 rings (SSSR count). The fourth-order valence-electron chi connectivity index (χ4n) is 1.90. The van der Waals surface area contributed by atoms with Crippen molar-refractivity contribution in [2.45, 2.75) is 32.1 Å². The van der Waals surface area contributed by atoms with Gasteiger partial charge in [0.2, 0.25) is 0 Å². The van der Waals surface area contributed by atoms with Crippen LogP contribution in [0.2, 0.25) is 0 Å². The van der Waals surface area contributed by atoms with Gasteiger partial charge in [-0.1, -0.05) is 19.3 Å². The first-order chi connectivity index (χ1) is 5.33. The van der Waals surface area contributed by atoms with E-state index in [4.69, 9.17) is 5.26 Å². The minimum Gasteiger partial charge on any atom is -0.318 e. The van der Waals surface area contributed by atoms with Crippen LogP contribution in [-0.4, -0.2) is 13.6 Å². The summed E-state index contributed by atoms with van der Waals surface area (Å²) in [5.41, 5.74) is -0.0347. The van der Waals surface area contributed by atoms with Gasteiger partial charge >= 0.3 is 0 Å². The first-order valence-electron chi connectivity index (χ1n) is 4.39. The van der Waals surface area contributed by atoms with E-state index in [1.54, 1.807) is 0 Å². The van der Waals surface area contributed by atoms with E-state index in [1.165, 1.54) is 19.3 Å². The van der Waals surface area contributed by atoms with Crippen LogP contribution in [0, 0.1) is 16.7 Å². The molecule has 0 aliphatic heterocycles. The summed E-state index contributed by atoms with van der Waals surface area (Å²) in [7, 11) is 1.92. The minimum absolute atomic E-state index is 0.0347. The van der Waals surface area contributed by atoms with Crippen LogP contribution in [0.3, 0.4) is 0 Å². The molecule has 0 saturated heterocycles. The number of hydrogen-bond acceptors (Lipinski definition) is 2. The van der Waals surface area contributed by atoms with Crippen molar-refractivity contribution in [3.05, 3.63) is 0 Å². The Morgan fingerprint density at radius 3 is 2.45 bits per heavy atom. The Morgan fingerprint density at radius 1 is 1.36 bits per heavy atom. The first kappa shape index (κ1) is 8.55. The van der Waals surface area contributed by atoms with Crippen LogP contribution in [0.1, 0.15) is 32.1 Å². The van der Waals surface area contributed by atoms with Crippen LogP contribution in [0.4, 0.5) is 0 Å². The van der Waals surface area contributed by atoms with E-state index in [1.807, 2.05) is 7.05 Å². The highest BCUT2D eigenvalue weighted by atomic mass is 14.8. The summed E-state index contributed by atoms with van der Waals surface area (Å²) < 4.78 is 0. The van der Waals surface area contributed by atoms with Gasteiger partial charge in [0.15, 0.2) is 0 Å². The van der Waals surface area contributed by atoms with Crippen molar-refractivity contribution in [1.29, 1.82) is 5.26 Å². The molecule has 0 aromatic heterocycles. The van der Waals surface area contributed by atoms with Crippen LogP contribution in [0.5, 0.6) is 0 Å². The molecule has 1 fully saturated rings. The second-order valence-electron chi connectivity index (χ2n) is 3.48. The molecule has 0 amide bonds. The van der Waals surface area contributed by atoms with Gasteiger partial charge in [-0.15, -0.1) is 0 Å². The molecule has 0 spiro atoms. The average molecular weight is 152 g/mol. The van der Waals surface area contributed by atoms with Gasteiger partial charge in [-0.05, 0) is 19.9 Å². The molecule has 0 unspecified atom stereocenters. The Balaban J connectivity index is 2.51. The Bertz CT molecular complexity index is 146. The molecule has 2 nitrogen and oxygen atoms in total. The molecular formula is C9H16N2. The highest BCUT2D eigenvalue weighted by Gasteiger charge is 2.30. The molecule has 2 heteroatoms. The molecule has 62 valence electrons. The lowest BCUT2D eigenvalue weighted by atomic mass is 9.75. The van der Waals surface area contributed by atoms with E-state index < -0.39 is 0 Å². The van der Waals surface area contributed by atoms with Gasteiger partial charge in [0, 0.05) is 6.54 Å². The number of rotatable bonds is 2. The van der Waals surface area contributed by atoms with Gasteiger partial charge in [-0.2, -0.15) is 5.26 Å². The fourth-order valence-corrected chi connectivity index (χ4v) is 1.90. The molecular weight excluding hydrogens is 136 g/mol. The number of nitrogens with zero attached hydrogens (tertiary/aromatic N) is 1. The first-order valence-corrected chi connectivity index (χ1v) is 4.39. The van der Waals surface area contributed by atoms with E-state index in [0.29, 0.717) is 0 Å². The van der Waals surface area contributed by atoms with Gasteiger partial charge in [0.1, 0.15) is 0 Å². The smallest absolute Gasteiger partial charge is 0.0703 e. The predicted octanol–water partition coefficient (Wildman–Crippen LogP) is 1.68. The molecule has 0 heterocycles. The highest BCUT2D eigenvalue weighted by Crippen LogP contribution is 2.34. The van der Waals surface area contributed by atoms with Gasteiger partial charge in [-0.3, -0.25) is 0 Å². The summed E-state index contributed by atoms with van der Waals surface area (Å²) in [5, 5.41) is 12.1. The normalized spacial score (nSPS) is 22.5. The van der Waals surface area contributed by atoms with E-state index in [2.05, 4.69) is 11.4 Å². The molecule has 0 radical (unpaired) electrons. The highest BCUT2D eigenvalue weighted by molar-refractivity contribution is 5.01. The third-order valence-electron chi connectivity index (χ3n) is 2.56. The van der Waals surface area contributed by atoms with Crippen LogP contribution < -0.4 is 5.32 Å². The van der Waals surface area contributed by atoms with Crippen LogP contribution in [-0.2, 0) is 0 Å². The van der Waals surface area contributed by atoms with Gasteiger partial charge in [-0.25, -0.2) is 0 Å².